The SMILES string of the molecule is CCc1cccc2c(/C=C3/C(=O)N(C)C(=S)N3CC(=O)OC)cn(CC(=O)NC[C@H]3CCCO3)c12. The van der Waals surface area contributed by atoms with Crippen LogP contribution in [0.15, 0.2) is 30.1 Å². The zero-order chi connectivity index (χ0) is 25.1. The highest BCUT2D eigenvalue weighted by atomic mass is 32.1. The zero-order valence-corrected chi connectivity index (χ0v) is 21.0. The number of thiocarbonyl (C=S) groups is 1. The van der Waals surface area contributed by atoms with Gasteiger partial charge in [-0.05, 0) is 43.1 Å². The van der Waals surface area contributed by atoms with Gasteiger partial charge in [-0.15, -0.1) is 0 Å². The Morgan fingerprint density at radius 1 is 1.31 bits per heavy atom. The Hall–Kier alpha value is -3.24. The van der Waals surface area contributed by atoms with Crippen LogP contribution in [0.2, 0.25) is 0 Å². The molecule has 0 bridgehead atoms. The van der Waals surface area contributed by atoms with E-state index in [1.165, 1.54) is 16.9 Å². The maximum Gasteiger partial charge on any atom is 0.325 e. The van der Waals surface area contributed by atoms with Crippen molar-refractivity contribution in [3.63, 3.8) is 0 Å². The van der Waals surface area contributed by atoms with E-state index in [4.69, 9.17) is 21.7 Å². The highest BCUT2D eigenvalue weighted by Crippen LogP contribution is 2.30. The number of para-hydroxylation sites is 1. The molecule has 4 rings (SSSR count). The van der Waals surface area contributed by atoms with Crippen LogP contribution in [0, 0.1) is 0 Å². The molecule has 0 saturated carbocycles. The average Bonchev–Trinajstić information content (AvgIpc) is 3.55. The second-order valence-electron chi connectivity index (χ2n) is 8.66. The van der Waals surface area contributed by atoms with E-state index >= 15 is 0 Å². The smallest absolute Gasteiger partial charge is 0.325 e. The highest BCUT2D eigenvalue weighted by Gasteiger charge is 2.37. The average molecular weight is 499 g/mol. The van der Waals surface area contributed by atoms with Gasteiger partial charge < -0.3 is 24.3 Å². The van der Waals surface area contributed by atoms with E-state index in [2.05, 4.69) is 12.2 Å². The van der Waals surface area contributed by atoms with Crippen molar-refractivity contribution in [1.82, 2.24) is 19.7 Å². The van der Waals surface area contributed by atoms with Crippen molar-refractivity contribution < 1.29 is 23.9 Å². The number of hydrogen-bond donors (Lipinski definition) is 1. The molecule has 2 fully saturated rings. The number of rotatable bonds is 8. The first kappa shape index (κ1) is 24.9. The molecule has 0 unspecified atom stereocenters. The van der Waals surface area contributed by atoms with E-state index in [1.54, 1.807) is 13.1 Å². The number of nitrogens with zero attached hydrogens (tertiary/aromatic N) is 3. The molecular weight excluding hydrogens is 468 g/mol. The molecule has 1 N–H and O–H groups in total. The van der Waals surface area contributed by atoms with Gasteiger partial charge in [0.25, 0.3) is 5.91 Å². The van der Waals surface area contributed by atoms with E-state index in [9.17, 15) is 14.4 Å². The molecule has 2 aliphatic rings. The van der Waals surface area contributed by atoms with Gasteiger partial charge in [-0.3, -0.25) is 19.3 Å². The lowest BCUT2D eigenvalue weighted by atomic mass is 10.1. The van der Waals surface area contributed by atoms with E-state index in [0.717, 1.165) is 47.9 Å². The molecule has 0 aliphatic carbocycles. The van der Waals surface area contributed by atoms with Crippen molar-refractivity contribution in [3.8, 4) is 0 Å². The molecule has 35 heavy (non-hydrogen) atoms. The molecule has 186 valence electrons. The number of carbonyl (C=O) groups excluding carboxylic acids is 3. The second-order valence-corrected chi connectivity index (χ2v) is 9.02. The summed E-state index contributed by atoms with van der Waals surface area (Å²) in [5.74, 6) is -0.909. The first-order chi connectivity index (χ1) is 16.8. The monoisotopic (exact) mass is 498 g/mol. The molecule has 2 amide bonds. The first-order valence-electron chi connectivity index (χ1n) is 11.7. The molecule has 1 aromatic carbocycles. The molecule has 10 heteroatoms. The lowest BCUT2D eigenvalue weighted by Crippen LogP contribution is -2.34. The summed E-state index contributed by atoms with van der Waals surface area (Å²) >= 11 is 5.39. The predicted molar refractivity (Wildman–Crippen MR) is 135 cm³/mol. The van der Waals surface area contributed by atoms with Crippen molar-refractivity contribution in [2.24, 2.45) is 0 Å². The van der Waals surface area contributed by atoms with Gasteiger partial charge in [0.05, 0.1) is 18.7 Å². The van der Waals surface area contributed by atoms with E-state index < -0.39 is 5.97 Å². The normalized spacial score (nSPS) is 19.3. The lowest BCUT2D eigenvalue weighted by molar-refractivity contribution is -0.140. The number of ether oxygens (including phenoxy) is 2. The molecule has 1 aromatic heterocycles. The van der Waals surface area contributed by atoms with Gasteiger partial charge in [0.15, 0.2) is 5.11 Å². The summed E-state index contributed by atoms with van der Waals surface area (Å²) in [7, 11) is 2.87. The standard InChI is InChI=1S/C25H30N4O5S/c1-4-16-7-5-9-19-17(11-20-24(32)27(2)25(35)29(20)15-22(31)33-3)13-28(23(16)19)14-21(30)26-12-18-8-6-10-34-18/h5,7,9,11,13,18H,4,6,8,10,12,14-15H2,1-3H3,(H,26,30)/b20-11-/t18-/m1/s1. The number of aryl methyl sites for hydroxylation is 1. The van der Waals surface area contributed by atoms with E-state index in [-0.39, 0.29) is 41.8 Å². The van der Waals surface area contributed by atoms with Crippen LogP contribution < -0.4 is 5.32 Å². The van der Waals surface area contributed by atoms with Gasteiger partial charge >= 0.3 is 5.97 Å². The van der Waals surface area contributed by atoms with Crippen molar-refractivity contribution in [2.45, 2.75) is 38.8 Å². The Balaban J connectivity index is 1.69. The second kappa shape index (κ2) is 10.6. The number of carbonyl (C=O) groups is 3. The minimum atomic E-state index is -0.500. The van der Waals surface area contributed by atoms with Gasteiger partial charge in [-0.2, -0.15) is 0 Å². The number of hydrogen-bond acceptors (Lipinski definition) is 6. The van der Waals surface area contributed by atoms with E-state index in [1.807, 2.05) is 29.0 Å². The number of benzene rings is 1. The molecule has 1 atom stereocenters. The summed E-state index contributed by atoms with van der Waals surface area (Å²) in [6.07, 6.45) is 6.43. The number of aromatic nitrogens is 1. The maximum atomic E-state index is 12.9. The molecule has 9 nitrogen and oxygen atoms in total. The molecule has 2 aliphatic heterocycles. The van der Waals surface area contributed by atoms with Gasteiger partial charge in [0, 0.05) is 37.3 Å². The molecule has 0 radical (unpaired) electrons. The topological polar surface area (TPSA) is 93.1 Å². The van der Waals surface area contributed by atoms with Crippen LogP contribution in [0.1, 0.15) is 30.9 Å². The Morgan fingerprint density at radius 3 is 2.80 bits per heavy atom. The summed E-state index contributed by atoms with van der Waals surface area (Å²) in [4.78, 5) is 40.5. The third-order valence-corrected chi connectivity index (χ3v) is 6.89. The van der Waals surface area contributed by atoms with Crippen LogP contribution in [0.25, 0.3) is 17.0 Å². The first-order valence-corrected chi connectivity index (χ1v) is 12.1. The van der Waals surface area contributed by atoms with Gasteiger partial charge in [0.2, 0.25) is 5.91 Å². The number of amides is 2. The fourth-order valence-electron chi connectivity index (χ4n) is 4.53. The number of likely N-dealkylation sites (N-methyl/N-ethyl adjacent to an activating group) is 1. The number of nitrogens with one attached hydrogen (secondary N) is 1. The third-order valence-electron chi connectivity index (χ3n) is 6.40. The van der Waals surface area contributed by atoms with Crippen molar-refractivity contribution in [2.75, 3.05) is 33.9 Å². The largest absolute Gasteiger partial charge is 0.468 e. The zero-order valence-electron chi connectivity index (χ0n) is 20.2. The Kier molecular flexibility index (Phi) is 7.51. The minimum absolute atomic E-state index is 0.0712. The van der Waals surface area contributed by atoms with Crippen LogP contribution in [0.5, 0.6) is 0 Å². The predicted octanol–water partition coefficient (Wildman–Crippen LogP) is 2.07. The number of fused-ring (bicyclic) bond motifs is 1. The molecule has 0 spiro atoms. The summed E-state index contributed by atoms with van der Waals surface area (Å²) in [6, 6.07) is 5.96. The highest BCUT2D eigenvalue weighted by molar-refractivity contribution is 7.80. The van der Waals surface area contributed by atoms with Crippen molar-refractivity contribution in [1.29, 1.82) is 0 Å². The van der Waals surface area contributed by atoms with Crippen LogP contribution in [0.4, 0.5) is 0 Å². The summed E-state index contributed by atoms with van der Waals surface area (Å²) in [5, 5.41) is 4.12. The Bertz CT molecular complexity index is 1200. The van der Waals surface area contributed by atoms with Gasteiger partial charge in [-0.1, -0.05) is 25.1 Å². The quantitative estimate of drug-likeness (QED) is 0.338. The Labute approximate surface area is 209 Å². The van der Waals surface area contributed by atoms with E-state index in [0.29, 0.717) is 6.54 Å². The maximum absolute atomic E-state index is 12.9. The molecule has 2 saturated heterocycles. The number of esters is 1. The van der Waals surface area contributed by atoms with Crippen LogP contribution >= 0.6 is 12.2 Å². The van der Waals surface area contributed by atoms with Crippen molar-refractivity contribution >= 4 is 52.1 Å². The summed E-state index contributed by atoms with van der Waals surface area (Å²) < 4.78 is 12.3. The van der Waals surface area contributed by atoms with Gasteiger partial charge in [0.1, 0.15) is 18.8 Å². The third kappa shape index (κ3) is 5.08. The summed E-state index contributed by atoms with van der Waals surface area (Å²) in [5.41, 5.74) is 3.08. The van der Waals surface area contributed by atoms with Gasteiger partial charge in [-0.25, -0.2) is 0 Å². The number of methoxy groups -OCH3 is 1. The fraction of sp³-hybridized carbons (Fsp3) is 0.440. The summed E-state index contributed by atoms with van der Waals surface area (Å²) in [6.45, 7) is 3.28. The van der Waals surface area contributed by atoms with Crippen LogP contribution in [-0.2, 0) is 36.8 Å². The molecular formula is C25H30N4O5S. The van der Waals surface area contributed by atoms with Crippen molar-refractivity contribution in [3.05, 3.63) is 41.2 Å². The van der Waals surface area contributed by atoms with Crippen LogP contribution in [-0.4, -0.2) is 77.2 Å². The Morgan fingerprint density at radius 2 is 2.11 bits per heavy atom. The molecule has 2 aromatic rings. The fourth-order valence-corrected chi connectivity index (χ4v) is 4.77. The minimum Gasteiger partial charge on any atom is -0.468 e. The molecule has 3 heterocycles. The van der Waals surface area contributed by atoms with Crippen LogP contribution in [0.3, 0.4) is 0 Å². The lowest BCUT2D eigenvalue weighted by Gasteiger charge is -2.16.